The zero-order valence-corrected chi connectivity index (χ0v) is 16.2. The van der Waals surface area contributed by atoms with Crippen LogP contribution in [-0.2, 0) is 11.2 Å². The van der Waals surface area contributed by atoms with E-state index in [1.54, 1.807) is 0 Å². The molecule has 1 aromatic carbocycles. The van der Waals surface area contributed by atoms with Gasteiger partial charge in [-0.3, -0.25) is 0 Å². The smallest absolute Gasteiger partial charge is 0.407 e. The number of alkyl carbamates (subject to hydrolysis) is 1. The second-order valence-corrected chi connectivity index (χ2v) is 8.89. The summed E-state index contributed by atoms with van der Waals surface area (Å²) in [6.45, 7) is 4.29. The van der Waals surface area contributed by atoms with Gasteiger partial charge in [-0.1, -0.05) is 43.5 Å². The number of amides is 1. The van der Waals surface area contributed by atoms with E-state index in [0.29, 0.717) is 12.5 Å². The molecule has 2 N–H and O–H groups in total. The van der Waals surface area contributed by atoms with E-state index in [-0.39, 0.29) is 11.6 Å². The first-order chi connectivity index (χ1) is 12.4. The van der Waals surface area contributed by atoms with Gasteiger partial charge in [-0.05, 0) is 69.4 Å². The van der Waals surface area contributed by atoms with Crippen molar-refractivity contribution < 1.29 is 14.6 Å². The number of cyclic esters (lactones) is 1. The quantitative estimate of drug-likeness (QED) is 0.662. The number of hydrogen-bond acceptors (Lipinski definition) is 3. The Balaban J connectivity index is 1.39. The van der Waals surface area contributed by atoms with Gasteiger partial charge >= 0.3 is 6.09 Å². The first kappa shape index (κ1) is 19.2. The van der Waals surface area contributed by atoms with E-state index in [4.69, 9.17) is 4.74 Å². The monoisotopic (exact) mass is 359 g/mol. The highest BCUT2D eigenvalue weighted by Gasteiger charge is 2.45. The summed E-state index contributed by atoms with van der Waals surface area (Å²) >= 11 is 0. The van der Waals surface area contributed by atoms with Gasteiger partial charge in [0.25, 0.3) is 0 Å². The van der Waals surface area contributed by atoms with E-state index >= 15 is 0 Å². The molecule has 1 aliphatic heterocycles. The molecule has 1 saturated heterocycles. The Hall–Kier alpha value is -1.55. The van der Waals surface area contributed by atoms with Crippen molar-refractivity contribution in [2.24, 2.45) is 0 Å². The molecular weight excluding hydrogens is 326 g/mol. The standard InChI is InChI=1S/C22H33NO3/c1-21(2,25)13-6-4-3-5-7-17-8-10-18(11-9-17)19-12-14-22(15-19)16-26-20(24)23-22/h8-11,19,25H,3-7,12-16H2,1-2H3,(H,23,24)/t19-,22-/m1/s1. The number of nitrogens with one attached hydrogen (secondary N) is 1. The van der Waals surface area contributed by atoms with Crippen molar-refractivity contribution >= 4 is 6.09 Å². The molecule has 4 nitrogen and oxygen atoms in total. The third-order valence-corrected chi connectivity index (χ3v) is 5.91. The van der Waals surface area contributed by atoms with E-state index < -0.39 is 5.60 Å². The number of carbonyl (C=O) groups is 1. The minimum atomic E-state index is -0.526. The van der Waals surface area contributed by atoms with Gasteiger partial charge < -0.3 is 15.2 Å². The van der Waals surface area contributed by atoms with Crippen LogP contribution in [0.2, 0.25) is 0 Å². The Morgan fingerprint density at radius 1 is 1.19 bits per heavy atom. The number of unbranched alkanes of at least 4 members (excludes halogenated alkanes) is 3. The SMILES string of the molecule is CC(C)(O)CCCCCCc1ccc([C@@H]2CC[C@]3(COC(=O)N3)C2)cc1. The minimum Gasteiger partial charge on any atom is -0.447 e. The summed E-state index contributed by atoms with van der Waals surface area (Å²) in [7, 11) is 0. The highest BCUT2D eigenvalue weighted by molar-refractivity contribution is 5.70. The predicted molar refractivity (Wildman–Crippen MR) is 103 cm³/mol. The van der Waals surface area contributed by atoms with Gasteiger partial charge in [0.05, 0.1) is 11.1 Å². The van der Waals surface area contributed by atoms with Crippen LogP contribution in [0.5, 0.6) is 0 Å². The Morgan fingerprint density at radius 2 is 1.92 bits per heavy atom. The Morgan fingerprint density at radius 3 is 2.58 bits per heavy atom. The number of aryl methyl sites for hydroxylation is 1. The van der Waals surface area contributed by atoms with Crippen molar-refractivity contribution in [1.82, 2.24) is 5.32 Å². The summed E-state index contributed by atoms with van der Waals surface area (Å²) in [5, 5.41) is 12.7. The van der Waals surface area contributed by atoms with Gasteiger partial charge in [0.2, 0.25) is 0 Å². The van der Waals surface area contributed by atoms with Gasteiger partial charge in [-0.15, -0.1) is 0 Å². The summed E-state index contributed by atoms with van der Waals surface area (Å²) in [5.41, 5.74) is 2.14. The number of ether oxygens (including phenoxy) is 1. The fourth-order valence-corrected chi connectivity index (χ4v) is 4.34. The average molecular weight is 360 g/mol. The molecule has 1 heterocycles. The van der Waals surface area contributed by atoms with Crippen molar-refractivity contribution in [1.29, 1.82) is 0 Å². The molecule has 26 heavy (non-hydrogen) atoms. The summed E-state index contributed by atoms with van der Waals surface area (Å²) in [5.74, 6) is 0.521. The maximum atomic E-state index is 11.4. The second kappa shape index (κ2) is 7.99. The van der Waals surface area contributed by atoms with Crippen LogP contribution in [0.3, 0.4) is 0 Å². The maximum absolute atomic E-state index is 11.4. The molecule has 1 aromatic rings. The van der Waals surface area contributed by atoms with Crippen LogP contribution < -0.4 is 5.32 Å². The van der Waals surface area contributed by atoms with E-state index in [9.17, 15) is 9.90 Å². The highest BCUT2D eigenvalue weighted by atomic mass is 16.6. The van der Waals surface area contributed by atoms with Gasteiger partial charge in [-0.25, -0.2) is 4.79 Å². The Bertz CT molecular complexity index is 605. The molecule has 3 rings (SSSR count). The molecule has 144 valence electrons. The zero-order valence-electron chi connectivity index (χ0n) is 16.2. The summed E-state index contributed by atoms with van der Waals surface area (Å²) in [6, 6.07) is 9.07. The van der Waals surface area contributed by atoms with E-state index in [0.717, 1.165) is 38.5 Å². The Kier molecular flexibility index (Phi) is 5.91. The fraction of sp³-hybridized carbons (Fsp3) is 0.682. The number of rotatable bonds is 8. The van der Waals surface area contributed by atoms with Crippen molar-refractivity contribution in [3.8, 4) is 0 Å². The lowest BCUT2D eigenvalue weighted by Crippen LogP contribution is -2.40. The predicted octanol–water partition coefficient (Wildman–Crippen LogP) is 4.70. The molecule has 1 aliphatic carbocycles. The highest BCUT2D eigenvalue weighted by Crippen LogP contribution is 2.42. The molecule has 0 bridgehead atoms. The number of benzene rings is 1. The molecule has 1 spiro atoms. The number of carbonyl (C=O) groups excluding carboxylic acids is 1. The molecule has 2 fully saturated rings. The molecule has 4 heteroatoms. The van der Waals surface area contributed by atoms with E-state index in [1.165, 1.54) is 30.4 Å². The molecule has 1 amide bonds. The topological polar surface area (TPSA) is 58.6 Å². The van der Waals surface area contributed by atoms with Gasteiger partial charge in [-0.2, -0.15) is 0 Å². The van der Waals surface area contributed by atoms with Crippen LogP contribution in [0.1, 0.15) is 82.3 Å². The number of hydrogen-bond donors (Lipinski definition) is 2. The lowest BCUT2D eigenvalue weighted by atomic mass is 9.92. The van der Waals surface area contributed by atoms with E-state index in [1.807, 2.05) is 13.8 Å². The van der Waals surface area contributed by atoms with Crippen molar-refractivity contribution in [2.75, 3.05) is 6.61 Å². The van der Waals surface area contributed by atoms with Crippen LogP contribution in [-0.4, -0.2) is 28.9 Å². The first-order valence-electron chi connectivity index (χ1n) is 10.1. The molecule has 2 aliphatic rings. The molecule has 0 aromatic heterocycles. The average Bonchev–Trinajstić information content (AvgIpc) is 3.17. The number of aliphatic hydroxyl groups is 1. The lowest BCUT2D eigenvalue weighted by molar-refractivity contribution is 0.0680. The first-order valence-corrected chi connectivity index (χ1v) is 10.1. The normalized spacial score (nSPS) is 25.5. The fourth-order valence-electron chi connectivity index (χ4n) is 4.34. The molecule has 2 atom stereocenters. The van der Waals surface area contributed by atoms with Gasteiger partial charge in [0, 0.05) is 0 Å². The molecule has 0 radical (unpaired) electrons. The van der Waals surface area contributed by atoms with Gasteiger partial charge in [0.15, 0.2) is 0 Å². The van der Waals surface area contributed by atoms with Crippen LogP contribution in [0.25, 0.3) is 0 Å². The van der Waals surface area contributed by atoms with Crippen LogP contribution >= 0.6 is 0 Å². The maximum Gasteiger partial charge on any atom is 0.407 e. The summed E-state index contributed by atoms with van der Waals surface area (Å²) in [6.07, 6.45) is 9.59. The second-order valence-electron chi connectivity index (χ2n) is 8.89. The van der Waals surface area contributed by atoms with Gasteiger partial charge in [0.1, 0.15) is 6.61 Å². The zero-order chi connectivity index (χ0) is 18.6. The third kappa shape index (κ3) is 5.23. The van der Waals surface area contributed by atoms with Crippen LogP contribution in [0.15, 0.2) is 24.3 Å². The molecule has 0 unspecified atom stereocenters. The van der Waals surface area contributed by atoms with Crippen molar-refractivity contribution in [3.63, 3.8) is 0 Å². The summed E-state index contributed by atoms with van der Waals surface area (Å²) < 4.78 is 5.12. The minimum absolute atomic E-state index is 0.121. The van der Waals surface area contributed by atoms with Crippen LogP contribution in [0.4, 0.5) is 4.79 Å². The Labute approximate surface area is 157 Å². The largest absolute Gasteiger partial charge is 0.447 e. The van der Waals surface area contributed by atoms with E-state index in [2.05, 4.69) is 29.6 Å². The molecular formula is C22H33NO3. The lowest BCUT2D eigenvalue weighted by Gasteiger charge is -2.20. The van der Waals surface area contributed by atoms with Crippen molar-refractivity contribution in [2.45, 2.75) is 88.7 Å². The summed E-state index contributed by atoms with van der Waals surface area (Å²) in [4.78, 5) is 11.4. The van der Waals surface area contributed by atoms with Crippen LogP contribution in [0, 0.1) is 0 Å². The van der Waals surface area contributed by atoms with Crippen molar-refractivity contribution in [3.05, 3.63) is 35.4 Å². The third-order valence-electron chi connectivity index (χ3n) is 5.91. The molecule has 1 saturated carbocycles.